The van der Waals surface area contributed by atoms with E-state index in [4.69, 9.17) is 0 Å². The zero-order chi connectivity index (χ0) is 22.7. The van der Waals surface area contributed by atoms with Crippen LogP contribution < -0.4 is 15.8 Å². The van der Waals surface area contributed by atoms with Crippen LogP contribution in [0.15, 0.2) is 46.9 Å². The van der Waals surface area contributed by atoms with Gasteiger partial charge in [0, 0.05) is 35.9 Å². The number of hydrogen-bond acceptors (Lipinski definition) is 6. The molecule has 1 N–H and O–H groups in total. The van der Waals surface area contributed by atoms with Crippen molar-refractivity contribution in [2.24, 2.45) is 0 Å². The fourth-order valence-corrected chi connectivity index (χ4v) is 5.82. The van der Waals surface area contributed by atoms with Crippen molar-refractivity contribution in [3.63, 3.8) is 0 Å². The van der Waals surface area contributed by atoms with Crippen LogP contribution in [0.25, 0.3) is 10.2 Å². The number of thiophene rings is 1. The summed E-state index contributed by atoms with van der Waals surface area (Å²) >= 11 is 2.79. The molecule has 2 aromatic heterocycles. The Morgan fingerprint density at radius 3 is 2.62 bits per heavy atom. The molecule has 0 bridgehead atoms. The van der Waals surface area contributed by atoms with Crippen molar-refractivity contribution in [1.82, 2.24) is 9.55 Å². The van der Waals surface area contributed by atoms with E-state index in [2.05, 4.69) is 33.9 Å². The number of aryl methyl sites for hydroxylation is 2. The molecule has 1 saturated heterocycles. The minimum absolute atomic E-state index is 0.0760. The van der Waals surface area contributed by atoms with Crippen molar-refractivity contribution in [2.75, 3.05) is 29.1 Å². The molecule has 8 heteroatoms. The SMILES string of the molecule is C=CCn1c(SCC(=O)Nc2ccc(N3CCCCC3)cc2)nc2sc(C)c(C)c2c1=O. The lowest BCUT2D eigenvalue weighted by Crippen LogP contribution is -2.29. The second-order valence-electron chi connectivity index (χ2n) is 7.99. The lowest BCUT2D eigenvalue weighted by molar-refractivity contribution is -0.113. The molecule has 4 rings (SSSR count). The fourth-order valence-electron chi connectivity index (χ4n) is 3.94. The van der Waals surface area contributed by atoms with Gasteiger partial charge in [0.25, 0.3) is 5.56 Å². The summed E-state index contributed by atoms with van der Waals surface area (Å²) in [5.41, 5.74) is 2.87. The van der Waals surface area contributed by atoms with Gasteiger partial charge < -0.3 is 10.2 Å². The number of thioether (sulfide) groups is 1. The van der Waals surface area contributed by atoms with Gasteiger partial charge >= 0.3 is 0 Å². The molecule has 0 atom stereocenters. The number of anilines is 2. The fraction of sp³-hybridized carbons (Fsp3) is 0.375. The van der Waals surface area contributed by atoms with Crippen LogP contribution in [-0.2, 0) is 11.3 Å². The molecule has 1 fully saturated rings. The van der Waals surface area contributed by atoms with Crippen LogP contribution in [0.1, 0.15) is 29.7 Å². The Morgan fingerprint density at radius 2 is 1.94 bits per heavy atom. The van der Waals surface area contributed by atoms with E-state index in [1.807, 2.05) is 26.0 Å². The van der Waals surface area contributed by atoms with Crippen LogP contribution in [0, 0.1) is 13.8 Å². The largest absolute Gasteiger partial charge is 0.372 e. The van der Waals surface area contributed by atoms with Crippen LogP contribution in [0.4, 0.5) is 11.4 Å². The number of allylic oxidation sites excluding steroid dienone is 1. The number of nitrogens with one attached hydrogen (secondary N) is 1. The lowest BCUT2D eigenvalue weighted by Gasteiger charge is -2.28. The van der Waals surface area contributed by atoms with Crippen LogP contribution >= 0.6 is 23.1 Å². The van der Waals surface area contributed by atoms with Gasteiger partial charge in [0.2, 0.25) is 5.91 Å². The number of benzene rings is 1. The highest BCUT2D eigenvalue weighted by molar-refractivity contribution is 7.99. The summed E-state index contributed by atoms with van der Waals surface area (Å²) in [6, 6.07) is 8.02. The molecule has 168 valence electrons. The summed E-state index contributed by atoms with van der Waals surface area (Å²) < 4.78 is 1.60. The zero-order valence-corrected chi connectivity index (χ0v) is 20.2. The van der Waals surface area contributed by atoms with Crippen LogP contribution in [-0.4, -0.2) is 34.3 Å². The van der Waals surface area contributed by atoms with E-state index < -0.39 is 0 Å². The van der Waals surface area contributed by atoms with Crippen LogP contribution in [0.2, 0.25) is 0 Å². The first-order chi connectivity index (χ1) is 15.5. The second-order valence-corrected chi connectivity index (χ2v) is 10.1. The van der Waals surface area contributed by atoms with Crippen molar-refractivity contribution in [3.8, 4) is 0 Å². The van der Waals surface area contributed by atoms with E-state index in [0.29, 0.717) is 17.1 Å². The summed E-state index contributed by atoms with van der Waals surface area (Å²) in [5, 5.41) is 4.15. The summed E-state index contributed by atoms with van der Waals surface area (Å²) in [7, 11) is 0. The van der Waals surface area contributed by atoms with E-state index in [1.165, 1.54) is 48.0 Å². The molecule has 1 aliphatic rings. The van der Waals surface area contributed by atoms with Gasteiger partial charge in [-0.3, -0.25) is 14.2 Å². The third-order valence-corrected chi connectivity index (χ3v) is 7.85. The molecular formula is C24H28N4O2S2. The average molecular weight is 469 g/mol. The molecule has 1 aliphatic heterocycles. The molecule has 1 aromatic carbocycles. The monoisotopic (exact) mass is 468 g/mol. The molecule has 0 radical (unpaired) electrons. The number of piperidine rings is 1. The van der Waals surface area contributed by atoms with E-state index in [9.17, 15) is 9.59 Å². The molecular weight excluding hydrogens is 440 g/mol. The number of hydrogen-bond donors (Lipinski definition) is 1. The third-order valence-electron chi connectivity index (χ3n) is 5.77. The minimum Gasteiger partial charge on any atom is -0.372 e. The Bertz CT molecular complexity index is 1190. The first-order valence-corrected chi connectivity index (χ1v) is 12.7. The number of amides is 1. The van der Waals surface area contributed by atoms with Crippen molar-refractivity contribution in [2.45, 2.75) is 44.8 Å². The van der Waals surface area contributed by atoms with Crippen LogP contribution in [0.3, 0.4) is 0 Å². The predicted molar refractivity (Wildman–Crippen MR) is 135 cm³/mol. The predicted octanol–water partition coefficient (Wildman–Crippen LogP) is 4.98. The quantitative estimate of drug-likeness (QED) is 0.301. The van der Waals surface area contributed by atoms with Gasteiger partial charge in [-0.2, -0.15) is 0 Å². The van der Waals surface area contributed by atoms with Gasteiger partial charge in [0.1, 0.15) is 4.83 Å². The van der Waals surface area contributed by atoms with Gasteiger partial charge in [-0.1, -0.05) is 17.8 Å². The summed E-state index contributed by atoms with van der Waals surface area (Å²) in [6.45, 7) is 10.3. The van der Waals surface area contributed by atoms with Gasteiger partial charge in [-0.25, -0.2) is 4.98 Å². The second kappa shape index (κ2) is 9.92. The Hall–Kier alpha value is -2.58. The Morgan fingerprint density at radius 1 is 1.22 bits per heavy atom. The third kappa shape index (κ3) is 4.76. The van der Waals surface area contributed by atoms with Gasteiger partial charge in [-0.15, -0.1) is 17.9 Å². The molecule has 3 aromatic rings. The Balaban J connectivity index is 1.45. The van der Waals surface area contributed by atoms with Gasteiger partial charge in [0.15, 0.2) is 5.16 Å². The molecule has 3 heterocycles. The molecule has 0 unspecified atom stereocenters. The van der Waals surface area contributed by atoms with Gasteiger partial charge in [-0.05, 0) is 62.9 Å². The maximum absolute atomic E-state index is 13.0. The highest BCUT2D eigenvalue weighted by Gasteiger charge is 2.17. The van der Waals surface area contributed by atoms with E-state index >= 15 is 0 Å². The molecule has 1 amide bonds. The van der Waals surface area contributed by atoms with E-state index in [-0.39, 0.29) is 17.2 Å². The Kier molecular flexibility index (Phi) is 7.01. The molecule has 32 heavy (non-hydrogen) atoms. The first-order valence-electron chi connectivity index (χ1n) is 10.9. The highest BCUT2D eigenvalue weighted by atomic mass is 32.2. The van der Waals surface area contributed by atoms with Crippen molar-refractivity contribution >= 4 is 50.6 Å². The maximum Gasteiger partial charge on any atom is 0.263 e. The standard InChI is InChI=1S/C24H28N4O2S2/c1-4-12-28-23(30)21-16(2)17(3)32-22(21)26-24(28)31-15-20(29)25-18-8-10-19(11-9-18)27-13-6-5-7-14-27/h4,8-11H,1,5-7,12-15H2,2-3H3,(H,25,29). The number of carbonyl (C=O) groups is 1. The topological polar surface area (TPSA) is 67.2 Å². The Labute approximate surface area is 196 Å². The number of aromatic nitrogens is 2. The molecule has 0 aliphatic carbocycles. The summed E-state index contributed by atoms with van der Waals surface area (Å²) in [5.74, 6) is 0.0468. The number of carbonyl (C=O) groups excluding carboxylic acids is 1. The number of rotatable bonds is 7. The smallest absolute Gasteiger partial charge is 0.263 e. The summed E-state index contributed by atoms with van der Waals surface area (Å²) in [6.07, 6.45) is 5.45. The molecule has 0 saturated carbocycles. The van der Waals surface area contributed by atoms with Crippen molar-refractivity contribution in [1.29, 1.82) is 0 Å². The highest BCUT2D eigenvalue weighted by Crippen LogP contribution is 2.28. The number of fused-ring (bicyclic) bond motifs is 1. The van der Waals surface area contributed by atoms with Gasteiger partial charge in [0.05, 0.1) is 11.1 Å². The zero-order valence-electron chi connectivity index (χ0n) is 18.5. The average Bonchev–Trinajstić information content (AvgIpc) is 3.09. The van der Waals surface area contributed by atoms with Crippen molar-refractivity contribution in [3.05, 3.63) is 57.7 Å². The molecule has 6 nitrogen and oxygen atoms in total. The van der Waals surface area contributed by atoms with E-state index in [1.54, 1.807) is 10.6 Å². The minimum atomic E-state index is -0.126. The normalized spacial score (nSPS) is 14.0. The summed E-state index contributed by atoms with van der Waals surface area (Å²) in [4.78, 5) is 34.5. The van der Waals surface area contributed by atoms with E-state index in [0.717, 1.165) is 34.0 Å². The van der Waals surface area contributed by atoms with Crippen LogP contribution in [0.5, 0.6) is 0 Å². The van der Waals surface area contributed by atoms with Crippen molar-refractivity contribution < 1.29 is 4.79 Å². The maximum atomic E-state index is 13.0. The molecule has 0 spiro atoms. The number of nitrogens with zero attached hydrogens (tertiary/aromatic N) is 3. The lowest BCUT2D eigenvalue weighted by atomic mass is 10.1. The first kappa shape index (κ1) is 22.6.